The van der Waals surface area contributed by atoms with Gasteiger partial charge in [0.15, 0.2) is 0 Å². The minimum Gasteiger partial charge on any atom is -0.497 e. The molecule has 166 valence electrons. The van der Waals surface area contributed by atoms with Gasteiger partial charge >= 0.3 is 0 Å². The average Bonchev–Trinajstić information content (AvgIpc) is 2.71. The van der Waals surface area contributed by atoms with E-state index in [1.807, 2.05) is 0 Å². The van der Waals surface area contributed by atoms with Crippen molar-refractivity contribution in [1.82, 2.24) is 4.90 Å². The Labute approximate surface area is 190 Å². The molecule has 0 radical (unpaired) electrons. The van der Waals surface area contributed by atoms with Crippen molar-refractivity contribution in [2.75, 3.05) is 44.0 Å². The number of para-hydroxylation sites is 1. The zero-order valence-electron chi connectivity index (χ0n) is 17.2. The van der Waals surface area contributed by atoms with Crippen LogP contribution in [0.5, 0.6) is 5.75 Å². The maximum atomic E-state index is 12.9. The van der Waals surface area contributed by atoms with Crippen molar-refractivity contribution in [3.63, 3.8) is 0 Å². The van der Waals surface area contributed by atoms with Gasteiger partial charge in [-0.3, -0.25) is 19.3 Å². The molecule has 0 aliphatic carbocycles. The first-order valence-corrected chi connectivity index (χ1v) is 10.1. The van der Waals surface area contributed by atoms with Gasteiger partial charge in [0.2, 0.25) is 17.7 Å². The van der Waals surface area contributed by atoms with E-state index in [1.165, 1.54) is 4.90 Å². The van der Waals surface area contributed by atoms with Crippen LogP contribution in [0.1, 0.15) is 6.42 Å². The topological polar surface area (TPSA) is 105 Å². The fourth-order valence-electron chi connectivity index (χ4n) is 2.80. The Balaban J connectivity index is 2.03. The standard InChI is InChI=1S/C21H24Cl2N4O4/c1-26(12-19(29)25-21-16(22)4-3-5-17(21)23)13-20(30)27(11-10-18(24)28)14-6-8-15(31-2)9-7-14/h3-9H,10-13H2,1-2H3,(H2,24,28)(H,25,29). The lowest BCUT2D eigenvalue weighted by Gasteiger charge is -2.25. The Hall–Kier alpha value is -2.81. The van der Waals surface area contributed by atoms with Crippen molar-refractivity contribution in [2.24, 2.45) is 5.73 Å². The second-order valence-electron chi connectivity index (χ2n) is 6.78. The summed E-state index contributed by atoms with van der Waals surface area (Å²) in [4.78, 5) is 39.5. The van der Waals surface area contributed by atoms with Crippen LogP contribution in [-0.4, -0.2) is 56.4 Å². The molecule has 2 rings (SSSR count). The molecule has 0 saturated heterocycles. The fraction of sp³-hybridized carbons (Fsp3) is 0.286. The van der Waals surface area contributed by atoms with Crippen molar-refractivity contribution >= 4 is 52.3 Å². The number of likely N-dealkylation sites (N-methyl/N-ethyl adjacent to an activating group) is 1. The van der Waals surface area contributed by atoms with Crippen molar-refractivity contribution in [3.8, 4) is 5.75 Å². The molecule has 8 nitrogen and oxygen atoms in total. The molecular weight excluding hydrogens is 443 g/mol. The largest absolute Gasteiger partial charge is 0.497 e. The number of carbonyl (C=O) groups excluding carboxylic acids is 3. The van der Waals surface area contributed by atoms with Crippen molar-refractivity contribution in [2.45, 2.75) is 6.42 Å². The zero-order valence-corrected chi connectivity index (χ0v) is 18.7. The number of carbonyl (C=O) groups is 3. The molecule has 3 amide bonds. The number of halogens is 2. The molecule has 2 aromatic carbocycles. The average molecular weight is 467 g/mol. The monoisotopic (exact) mass is 466 g/mol. The molecule has 31 heavy (non-hydrogen) atoms. The summed E-state index contributed by atoms with van der Waals surface area (Å²) in [7, 11) is 3.17. The van der Waals surface area contributed by atoms with E-state index in [1.54, 1.807) is 61.5 Å². The maximum absolute atomic E-state index is 12.9. The Morgan fingerprint density at radius 3 is 2.19 bits per heavy atom. The first-order valence-electron chi connectivity index (χ1n) is 9.36. The number of hydrogen-bond acceptors (Lipinski definition) is 5. The number of rotatable bonds is 10. The number of methoxy groups -OCH3 is 1. The lowest BCUT2D eigenvalue weighted by molar-refractivity contribution is -0.121. The van der Waals surface area contributed by atoms with E-state index in [0.29, 0.717) is 27.2 Å². The minimum absolute atomic E-state index is 0.00692. The van der Waals surface area contributed by atoms with Crippen LogP contribution in [0.4, 0.5) is 11.4 Å². The Morgan fingerprint density at radius 1 is 1.03 bits per heavy atom. The summed E-state index contributed by atoms with van der Waals surface area (Å²) in [5, 5.41) is 3.28. The summed E-state index contributed by atoms with van der Waals surface area (Å²) in [5.41, 5.74) is 6.15. The number of ether oxygens (including phenoxy) is 1. The van der Waals surface area contributed by atoms with E-state index in [4.69, 9.17) is 33.7 Å². The summed E-state index contributed by atoms with van der Waals surface area (Å²) in [6.45, 7) is -0.0101. The van der Waals surface area contributed by atoms with Gasteiger partial charge in [-0.25, -0.2) is 0 Å². The van der Waals surface area contributed by atoms with Crippen LogP contribution in [0.2, 0.25) is 10.0 Å². The van der Waals surface area contributed by atoms with Crippen LogP contribution in [0.15, 0.2) is 42.5 Å². The van der Waals surface area contributed by atoms with Gasteiger partial charge in [0.25, 0.3) is 0 Å². The Bertz CT molecular complexity index is 917. The number of nitrogens with two attached hydrogens (primary N) is 1. The van der Waals surface area contributed by atoms with Gasteiger partial charge < -0.3 is 20.7 Å². The number of hydrogen-bond donors (Lipinski definition) is 2. The number of anilines is 2. The third kappa shape index (κ3) is 7.43. The summed E-state index contributed by atoms with van der Waals surface area (Å²) in [6, 6.07) is 11.7. The second kappa shape index (κ2) is 11.5. The van der Waals surface area contributed by atoms with Gasteiger partial charge in [-0.05, 0) is 43.4 Å². The molecule has 2 aromatic rings. The van der Waals surface area contributed by atoms with Crippen LogP contribution in [0.25, 0.3) is 0 Å². The predicted molar refractivity (Wildman–Crippen MR) is 122 cm³/mol. The fourth-order valence-corrected chi connectivity index (χ4v) is 3.29. The number of benzene rings is 2. The van der Waals surface area contributed by atoms with E-state index >= 15 is 0 Å². The molecule has 0 unspecified atom stereocenters. The Kier molecular flexibility index (Phi) is 9.11. The molecule has 10 heteroatoms. The molecule has 0 atom stereocenters. The second-order valence-corrected chi connectivity index (χ2v) is 7.59. The lowest BCUT2D eigenvalue weighted by Crippen LogP contribution is -2.42. The summed E-state index contributed by atoms with van der Waals surface area (Å²) in [5.74, 6) is -0.551. The number of nitrogens with one attached hydrogen (secondary N) is 1. The zero-order chi connectivity index (χ0) is 23.0. The quantitative estimate of drug-likeness (QED) is 0.559. The van der Waals surface area contributed by atoms with Crippen molar-refractivity contribution < 1.29 is 19.1 Å². The van der Waals surface area contributed by atoms with Crippen LogP contribution < -0.4 is 20.7 Å². The lowest BCUT2D eigenvalue weighted by atomic mass is 10.2. The number of primary amides is 1. The molecule has 3 N–H and O–H groups in total. The van der Waals surface area contributed by atoms with Crippen molar-refractivity contribution in [1.29, 1.82) is 0 Å². The third-order valence-electron chi connectivity index (χ3n) is 4.31. The minimum atomic E-state index is -0.518. The molecule has 0 heterocycles. The van der Waals surface area contributed by atoms with Gasteiger partial charge in [0.1, 0.15) is 5.75 Å². The molecule has 0 aliphatic rings. The molecule has 0 fully saturated rings. The van der Waals surface area contributed by atoms with Crippen LogP contribution in [0, 0.1) is 0 Å². The van der Waals surface area contributed by atoms with Gasteiger partial charge in [0, 0.05) is 18.7 Å². The van der Waals surface area contributed by atoms with Gasteiger partial charge in [-0.1, -0.05) is 29.3 Å². The van der Waals surface area contributed by atoms with Gasteiger partial charge in [-0.15, -0.1) is 0 Å². The smallest absolute Gasteiger partial charge is 0.241 e. The third-order valence-corrected chi connectivity index (χ3v) is 4.94. The first-order chi connectivity index (χ1) is 14.7. The molecule has 0 spiro atoms. The molecule has 0 saturated carbocycles. The van der Waals surface area contributed by atoms with E-state index in [-0.39, 0.29) is 37.9 Å². The predicted octanol–water partition coefficient (Wildman–Crippen LogP) is 2.78. The van der Waals surface area contributed by atoms with Gasteiger partial charge in [-0.2, -0.15) is 0 Å². The van der Waals surface area contributed by atoms with Crippen molar-refractivity contribution in [3.05, 3.63) is 52.5 Å². The summed E-state index contributed by atoms with van der Waals surface area (Å²) >= 11 is 12.1. The highest BCUT2D eigenvalue weighted by molar-refractivity contribution is 6.39. The summed E-state index contributed by atoms with van der Waals surface area (Å²) < 4.78 is 5.13. The molecule has 0 bridgehead atoms. The van der Waals surface area contributed by atoms with E-state index in [9.17, 15) is 14.4 Å². The van der Waals surface area contributed by atoms with Gasteiger partial charge in [0.05, 0.1) is 35.9 Å². The molecule has 0 aromatic heterocycles. The highest BCUT2D eigenvalue weighted by Crippen LogP contribution is 2.29. The number of amides is 3. The number of nitrogens with zero attached hydrogens (tertiary/aromatic N) is 2. The van der Waals surface area contributed by atoms with Crippen LogP contribution in [-0.2, 0) is 14.4 Å². The molecular formula is C21H24Cl2N4O4. The SMILES string of the molecule is COc1ccc(N(CCC(N)=O)C(=O)CN(C)CC(=O)Nc2c(Cl)cccc2Cl)cc1. The van der Waals surface area contributed by atoms with Crippen LogP contribution >= 0.6 is 23.2 Å². The maximum Gasteiger partial charge on any atom is 0.241 e. The van der Waals surface area contributed by atoms with Crippen LogP contribution in [0.3, 0.4) is 0 Å². The summed E-state index contributed by atoms with van der Waals surface area (Å²) in [6.07, 6.45) is 0.00692. The molecule has 0 aliphatic heterocycles. The first kappa shape index (κ1) is 24.5. The normalized spacial score (nSPS) is 10.6. The highest BCUT2D eigenvalue weighted by atomic mass is 35.5. The Morgan fingerprint density at radius 2 is 1.65 bits per heavy atom. The van der Waals surface area contributed by atoms with E-state index < -0.39 is 5.91 Å². The van der Waals surface area contributed by atoms with E-state index in [2.05, 4.69) is 5.32 Å². The van der Waals surface area contributed by atoms with E-state index in [0.717, 1.165) is 0 Å². The highest BCUT2D eigenvalue weighted by Gasteiger charge is 2.20.